The van der Waals surface area contributed by atoms with Gasteiger partial charge in [0.05, 0.1) is 0 Å². The van der Waals surface area contributed by atoms with Crippen LogP contribution in [0.5, 0.6) is 0 Å². The minimum atomic E-state index is 0.656. The van der Waals surface area contributed by atoms with Crippen LogP contribution in [0.2, 0.25) is 0 Å². The van der Waals surface area contributed by atoms with E-state index >= 15 is 0 Å². The molecule has 1 aliphatic rings. The first kappa shape index (κ1) is 9.75. The van der Waals surface area contributed by atoms with E-state index in [-0.39, 0.29) is 0 Å². The highest BCUT2D eigenvalue weighted by Gasteiger charge is 2.14. The van der Waals surface area contributed by atoms with E-state index in [0.29, 0.717) is 6.04 Å². The van der Waals surface area contributed by atoms with Crippen LogP contribution in [0.3, 0.4) is 0 Å². The second-order valence-corrected chi connectivity index (χ2v) is 3.86. The third-order valence-electron chi connectivity index (χ3n) is 2.31. The molecule has 1 aliphatic heterocycles. The topological polar surface area (TPSA) is 15.3 Å². The molecule has 0 aromatic rings. The number of rotatable bonds is 3. The van der Waals surface area contributed by atoms with Crippen LogP contribution in [0.1, 0.15) is 20.3 Å². The number of nitrogens with one attached hydrogen (secondary N) is 1. The first-order valence-corrected chi connectivity index (χ1v) is 4.78. The molecule has 1 heterocycles. The van der Waals surface area contributed by atoms with Crippen LogP contribution in [0, 0.1) is 0 Å². The molecule has 2 heteroatoms. The molecule has 1 saturated heterocycles. The molecule has 70 valence electrons. The smallest absolute Gasteiger partial charge is 0.0167 e. The maximum Gasteiger partial charge on any atom is 0.0167 e. The van der Waals surface area contributed by atoms with Crippen molar-refractivity contribution in [2.75, 3.05) is 26.2 Å². The van der Waals surface area contributed by atoms with Crippen molar-refractivity contribution in [1.82, 2.24) is 10.2 Å². The SMILES string of the molecule is C=C(C)CCN1CCN[C@H](C)C1. The lowest BCUT2D eigenvalue weighted by Crippen LogP contribution is -2.49. The van der Waals surface area contributed by atoms with Gasteiger partial charge in [0, 0.05) is 32.2 Å². The van der Waals surface area contributed by atoms with Gasteiger partial charge in [-0.1, -0.05) is 5.57 Å². The van der Waals surface area contributed by atoms with Gasteiger partial charge in [0.2, 0.25) is 0 Å². The van der Waals surface area contributed by atoms with Crippen molar-refractivity contribution in [3.05, 3.63) is 12.2 Å². The van der Waals surface area contributed by atoms with Gasteiger partial charge in [-0.3, -0.25) is 0 Å². The Balaban J connectivity index is 2.18. The lowest BCUT2D eigenvalue weighted by atomic mass is 10.2. The first-order valence-electron chi connectivity index (χ1n) is 4.78. The summed E-state index contributed by atoms with van der Waals surface area (Å²) >= 11 is 0. The van der Waals surface area contributed by atoms with Crippen LogP contribution in [0.25, 0.3) is 0 Å². The Hall–Kier alpha value is -0.340. The van der Waals surface area contributed by atoms with Crippen LogP contribution in [-0.4, -0.2) is 37.1 Å². The molecule has 0 bridgehead atoms. The summed E-state index contributed by atoms with van der Waals surface area (Å²) in [5, 5.41) is 3.44. The fourth-order valence-electron chi connectivity index (χ4n) is 1.56. The van der Waals surface area contributed by atoms with E-state index in [2.05, 4.69) is 30.6 Å². The zero-order valence-corrected chi connectivity index (χ0v) is 8.27. The normalized spacial score (nSPS) is 25.7. The molecule has 0 aromatic carbocycles. The largest absolute Gasteiger partial charge is 0.312 e. The molecule has 12 heavy (non-hydrogen) atoms. The summed E-state index contributed by atoms with van der Waals surface area (Å²) in [7, 11) is 0. The summed E-state index contributed by atoms with van der Waals surface area (Å²) in [5.41, 5.74) is 1.29. The summed E-state index contributed by atoms with van der Waals surface area (Å²) in [6, 6.07) is 0.656. The second kappa shape index (κ2) is 4.63. The van der Waals surface area contributed by atoms with Gasteiger partial charge in [0.15, 0.2) is 0 Å². The summed E-state index contributed by atoms with van der Waals surface area (Å²) in [6.45, 7) is 13.0. The zero-order chi connectivity index (χ0) is 8.97. The Labute approximate surface area is 75.6 Å². The molecule has 1 N–H and O–H groups in total. The molecule has 0 spiro atoms. The van der Waals surface area contributed by atoms with Crippen molar-refractivity contribution in [1.29, 1.82) is 0 Å². The molecule has 0 unspecified atom stereocenters. The Kier molecular flexibility index (Phi) is 3.76. The minimum absolute atomic E-state index is 0.656. The second-order valence-electron chi connectivity index (χ2n) is 3.86. The molecule has 0 saturated carbocycles. The molecule has 1 fully saturated rings. The Morgan fingerprint density at radius 3 is 3.00 bits per heavy atom. The standard InChI is InChI=1S/C10H20N2/c1-9(2)4-6-12-7-5-11-10(3)8-12/h10-11H,1,4-8H2,2-3H3/t10-/m1/s1. The summed E-state index contributed by atoms with van der Waals surface area (Å²) in [6.07, 6.45) is 1.15. The van der Waals surface area contributed by atoms with Gasteiger partial charge >= 0.3 is 0 Å². The summed E-state index contributed by atoms with van der Waals surface area (Å²) < 4.78 is 0. The highest BCUT2D eigenvalue weighted by Crippen LogP contribution is 2.02. The molecule has 0 aliphatic carbocycles. The fraction of sp³-hybridized carbons (Fsp3) is 0.800. The van der Waals surface area contributed by atoms with E-state index in [9.17, 15) is 0 Å². The van der Waals surface area contributed by atoms with E-state index in [1.165, 1.54) is 25.2 Å². The van der Waals surface area contributed by atoms with Gasteiger partial charge in [-0.2, -0.15) is 0 Å². The maximum absolute atomic E-state index is 3.92. The van der Waals surface area contributed by atoms with Gasteiger partial charge < -0.3 is 10.2 Å². The predicted molar refractivity (Wildman–Crippen MR) is 53.3 cm³/mol. The lowest BCUT2D eigenvalue weighted by molar-refractivity contribution is 0.209. The van der Waals surface area contributed by atoms with Crippen LogP contribution in [-0.2, 0) is 0 Å². The van der Waals surface area contributed by atoms with Crippen LogP contribution < -0.4 is 5.32 Å². The lowest BCUT2D eigenvalue weighted by Gasteiger charge is -2.31. The molecule has 0 radical (unpaired) electrons. The van der Waals surface area contributed by atoms with Gasteiger partial charge in [0.25, 0.3) is 0 Å². The minimum Gasteiger partial charge on any atom is -0.312 e. The van der Waals surface area contributed by atoms with E-state index in [4.69, 9.17) is 0 Å². The van der Waals surface area contributed by atoms with Crippen molar-refractivity contribution in [3.63, 3.8) is 0 Å². The average Bonchev–Trinajstić information content (AvgIpc) is 2.01. The highest BCUT2D eigenvalue weighted by atomic mass is 15.2. The van der Waals surface area contributed by atoms with Gasteiger partial charge in [0.1, 0.15) is 0 Å². The van der Waals surface area contributed by atoms with Crippen molar-refractivity contribution in [2.45, 2.75) is 26.3 Å². The van der Waals surface area contributed by atoms with Gasteiger partial charge in [-0.15, -0.1) is 6.58 Å². The third-order valence-corrected chi connectivity index (χ3v) is 2.31. The number of hydrogen-bond acceptors (Lipinski definition) is 2. The monoisotopic (exact) mass is 168 g/mol. The molecular formula is C10H20N2. The van der Waals surface area contributed by atoms with E-state index in [1.807, 2.05) is 0 Å². The molecular weight excluding hydrogens is 148 g/mol. The zero-order valence-electron chi connectivity index (χ0n) is 8.27. The van der Waals surface area contributed by atoms with Crippen LogP contribution in [0.4, 0.5) is 0 Å². The molecule has 0 amide bonds. The highest BCUT2D eigenvalue weighted by molar-refractivity contribution is 4.89. The van der Waals surface area contributed by atoms with E-state index in [1.54, 1.807) is 0 Å². The fourth-order valence-corrected chi connectivity index (χ4v) is 1.56. The quantitative estimate of drug-likeness (QED) is 0.638. The first-order chi connectivity index (χ1) is 5.68. The van der Waals surface area contributed by atoms with Crippen molar-refractivity contribution < 1.29 is 0 Å². The van der Waals surface area contributed by atoms with Crippen molar-refractivity contribution in [3.8, 4) is 0 Å². The summed E-state index contributed by atoms with van der Waals surface area (Å²) in [4.78, 5) is 2.51. The Morgan fingerprint density at radius 2 is 2.42 bits per heavy atom. The molecule has 2 nitrogen and oxygen atoms in total. The Bertz CT molecular complexity index is 154. The van der Waals surface area contributed by atoms with Crippen molar-refractivity contribution in [2.24, 2.45) is 0 Å². The van der Waals surface area contributed by atoms with E-state index in [0.717, 1.165) is 13.0 Å². The van der Waals surface area contributed by atoms with Gasteiger partial charge in [-0.25, -0.2) is 0 Å². The molecule has 1 rings (SSSR count). The molecule has 1 atom stereocenters. The predicted octanol–water partition coefficient (Wildman–Crippen LogP) is 1.25. The maximum atomic E-state index is 3.92. The number of hydrogen-bond donors (Lipinski definition) is 1. The Morgan fingerprint density at radius 1 is 1.67 bits per heavy atom. The van der Waals surface area contributed by atoms with Crippen molar-refractivity contribution >= 4 is 0 Å². The number of piperazine rings is 1. The summed E-state index contributed by atoms with van der Waals surface area (Å²) in [5.74, 6) is 0. The van der Waals surface area contributed by atoms with Crippen LogP contribution >= 0.6 is 0 Å². The number of nitrogens with zero attached hydrogens (tertiary/aromatic N) is 1. The molecule has 0 aromatic heterocycles. The third kappa shape index (κ3) is 3.37. The average molecular weight is 168 g/mol. The van der Waals surface area contributed by atoms with Gasteiger partial charge in [-0.05, 0) is 20.3 Å². The van der Waals surface area contributed by atoms with E-state index < -0.39 is 0 Å². The van der Waals surface area contributed by atoms with Crippen LogP contribution in [0.15, 0.2) is 12.2 Å².